The van der Waals surface area contributed by atoms with Crippen LogP contribution in [0.5, 0.6) is 0 Å². The Bertz CT molecular complexity index is 761. The minimum Gasteiger partial charge on any atom is -0.465 e. The van der Waals surface area contributed by atoms with Crippen LogP contribution in [0.1, 0.15) is 23.9 Å². The molecule has 0 fully saturated rings. The van der Waals surface area contributed by atoms with Crippen LogP contribution in [-0.4, -0.2) is 23.8 Å². The van der Waals surface area contributed by atoms with Crippen molar-refractivity contribution < 1.29 is 9.53 Å². The standard InChI is InChI=1S/C19H20N2O2/c1-4-23-19(22)17-9-15-6-5-14(10-18(15)20-11-17)16-7-12(2)21-13(3)8-16/h5-8,10-11,17H,4,9H2,1-3H3. The molecule has 23 heavy (non-hydrogen) atoms. The van der Waals surface area contributed by atoms with Crippen LogP contribution in [0, 0.1) is 19.8 Å². The average molecular weight is 308 g/mol. The summed E-state index contributed by atoms with van der Waals surface area (Å²) in [6.07, 6.45) is 2.35. The van der Waals surface area contributed by atoms with Gasteiger partial charge in [0.1, 0.15) is 0 Å². The van der Waals surface area contributed by atoms with Crippen molar-refractivity contribution in [2.75, 3.05) is 6.61 Å². The largest absolute Gasteiger partial charge is 0.465 e. The van der Waals surface area contributed by atoms with Crippen molar-refractivity contribution in [2.24, 2.45) is 10.9 Å². The normalized spacial score (nSPS) is 16.0. The van der Waals surface area contributed by atoms with Gasteiger partial charge in [-0.05, 0) is 62.1 Å². The Morgan fingerprint density at radius 1 is 1.17 bits per heavy atom. The minimum atomic E-state index is -0.279. The van der Waals surface area contributed by atoms with Crippen LogP contribution in [0.25, 0.3) is 11.1 Å². The minimum absolute atomic E-state index is 0.202. The van der Waals surface area contributed by atoms with E-state index in [-0.39, 0.29) is 11.9 Å². The number of carbonyl (C=O) groups excluding carboxylic acids is 1. The van der Waals surface area contributed by atoms with Gasteiger partial charge >= 0.3 is 5.97 Å². The van der Waals surface area contributed by atoms with Crippen molar-refractivity contribution in [3.8, 4) is 11.1 Å². The zero-order valence-electron chi connectivity index (χ0n) is 13.7. The maximum absolute atomic E-state index is 11.9. The molecule has 1 aliphatic heterocycles. The molecule has 4 nitrogen and oxygen atoms in total. The van der Waals surface area contributed by atoms with Crippen LogP contribution < -0.4 is 0 Å². The molecule has 2 heterocycles. The number of hydrogen-bond acceptors (Lipinski definition) is 4. The highest BCUT2D eigenvalue weighted by Crippen LogP contribution is 2.32. The predicted molar refractivity (Wildman–Crippen MR) is 91.1 cm³/mol. The molecule has 3 rings (SSSR count). The van der Waals surface area contributed by atoms with Gasteiger partial charge in [0.25, 0.3) is 0 Å². The lowest BCUT2D eigenvalue weighted by atomic mass is 9.93. The Morgan fingerprint density at radius 2 is 1.91 bits per heavy atom. The summed E-state index contributed by atoms with van der Waals surface area (Å²) < 4.78 is 5.08. The molecule has 1 aromatic heterocycles. The van der Waals surface area contributed by atoms with E-state index in [0.717, 1.165) is 33.8 Å². The average Bonchev–Trinajstić information content (AvgIpc) is 2.53. The lowest BCUT2D eigenvalue weighted by Crippen LogP contribution is -2.23. The van der Waals surface area contributed by atoms with Crippen molar-refractivity contribution in [3.05, 3.63) is 47.3 Å². The van der Waals surface area contributed by atoms with E-state index in [9.17, 15) is 4.79 Å². The van der Waals surface area contributed by atoms with Crippen LogP contribution in [0.4, 0.5) is 5.69 Å². The molecule has 0 spiro atoms. The topological polar surface area (TPSA) is 51.5 Å². The lowest BCUT2D eigenvalue weighted by Gasteiger charge is -2.18. The van der Waals surface area contributed by atoms with Gasteiger partial charge in [0.05, 0.1) is 18.2 Å². The maximum atomic E-state index is 11.9. The monoisotopic (exact) mass is 308 g/mol. The molecule has 1 atom stereocenters. The highest BCUT2D eigenvalue weighted by Gasteiger charge is 2.23. The smallest absolute Gasteiger partial charge is 0.314 e. The van der Waals surface area contributed by atoms with Gasteiger partial charge in [-0.2, -0.15) is 0 Å². The molecule has 2 aromatic rings. The fraction of sp³-hybridized carbons (Fsp3) is 0.316. The van der Waals surface area contributed by atoms with Gasteiger partial charge in [-0.25, -0.2) is 0 Å². The number of carbonyl (C=O) groups is 1. The molecule has 1 unspecified atom stereocenters. The quantitative estimate of drug-likeness (QED) is 0.810. The molecule has 0 N–H and O–H groups in total. The third kappa shape index (κ3) is 3.31. The van der Waals surface area contributed by atoms with Gasteiger partial charge in [-0.15, -0.1) is 0 Å². The Hall–Kier alpha value is -2.49. The summed E-state index contributed by atoms with van der Waals surface area (Å²) in [6.45, 7) is 6.21. The molecular formula is C19H20N2O2. The first kappa shape index (κ1) is 15.4. The van der Waals surface area contributed by atoms with Gasteiger partial charge in [0, 0.05) is 17.6 Å². The Kier molecular flexibility index (Phi) is 4.24. The van der Waals surface area contributed by atoms with Gasteiger partial charge in [0.2, 0.25) is 0 Å². The number of fused-ring (bicyclic) bond motifs is 1. The third-order valence-corrected chi connectivity index (χ3v) is 3.92. The molecule has 1 aromatic carbocycles. The number of ether oxygens (including phenoxy) is 1. The first-order valence-corrected chi connectivity index (χ1v) is 7.86. The molecule has 0 aliphatic carbocycles. The van der Waals surface area contributed by atoms with Crippen LogP contribution in [0.15, 0.2) is 35.3 Å². The molecule has 0 saturated heterocycles. The Balaban J connectivity index is 1.89. The first-order valence-electron chi connectivity index (χ1n) is 7.86. The zero-order chi connectivity index (χ0) is 16.4. The number of benzene rings is 1. The van der Waals surface area contributed by atoms with E-state index in [2.05, 4.69) is 40.3 Å². The van der Waals surface area contributed by atoms with E-state index in [1.54, 1.807) is 6.21 Å². The van der Waals surface area contributed by atoms with Gasteiger partial charge in [-0.3, -0.25) is 14.8 Å². The number of rotatable bonds is 3. The summed E-state index contributed by atoms with van der Waals surface area (Å²) in [5, 5.41) is 0. The summed E-state index contributed by atoms with van der Waals surface area (Å²) in [5.74, 6) is -0.481. The molecule has 4 heteroatoms. The van der Waals surface area contributed by atoms with Gasteiger partial charge in [-0.1, -0.05) is 12.1 Å². The van der Waals surface area contributed by atoms with Crippen LogP contribution in [-0.2, 0) is 16.0 Å². The predicted octanol–water partition coefficient (Wildman–Crippen LogP) is 3.80. The van der Waals surface area contributed by atoms with Gasteiger partial charge < -0.3 is 4.74 Å². The molecular weight excluding hydrogens is 288 g/mol. The summed E-state index contributed by atoms with van der Waals surface area (Å²) >= 11 is 0. The van der Waals surface area contributed by atoms with Gasteiger partial charge in [0.15, 0.2) is 0 Å². The van der Waals surface area contributed by atoms with E-state index in [4.69, 9.17) is 4.74 Å². The van der Waals surface area contributed by atoms with E-state index in [1.807, 2.05) is 20.8 Å². The van der Waals surface area contributed by atoms with E-state index in [0.29, 0.717) is 13.0 Å². The first-order chi connectivity index (χ1) is 11.1. The second-order valence-electron chi connectivity index (χ2n) is 5.82. The fourth-order valence-corrected chi connectivity index (χ4v) is 2.89. The van der Waals surface area contributed by atoms with Crippen LogP contribution >= 0.6 is 0 Å². The van der Waals surface area contributed by atoms with E-state index in [1.165, 1.54) is 0 Å². The second kappa shape index (κ2) is 6.32. The highest BCUT2D eigenvalue weighted by atomic mass is 16.5. The van der Waals surface area contributed by atoms with E-state index < -0.39 is 0 Å². The summed E-state index contributed by atoms with van der Waals surface area (Å²) in [4.78, 5) is 20.7. The fourth-order valence-electron chi connectivity index (χ4n) is 2.89. The number of pyridine rings is 1. The summed E-state index contributed by atoms with van der Waals surface area (Å²) in [5.41, 5.74) is 6.27. The number of aryl methyl sites for hydroxylation is 2. The van der Waals surface area contributed by atoms with E-state index >= 15 is 0 Å². The Morgan fingerprint density at radius 3 is 2.61 bits per heavy atom. The highest BCUT2D eigenvalue weighted by molar-refractivity contribution is 5.93. The Labute approximate surface area is 136 Å². The molecule has 0 saturated carbocycles. The van der Waals surface area contributed by atoms with Crippen molar-refractivity contribution in [1.29, 1.82) is 0 Å². The van der Waals surface area contributed by atoms with Crippen molar-refractivity contribution in [2.45, 2.75) is 27.2 Å². The van der Waals surface area contributed by atoms with Crippen LogP contribution in [0.2, 0.25) is 0 Å². The number of nitrogens with zero attached hydrogens (tertiary/aromatic N) is 2. The van der Waals surface area contributed by atoms with Crippen molar-refractivity contribution in [1.82, 2.24) is 4.98 Å². The maximum Gasteiger partial charge on any atom is 0.314 e. The van der Waals surface area contributed by atoms with Crippen LogP contribution in [0.3, 0.4) is 0 Å². The number of aliphatic imine (C=N–C) groups is 1. The molecule has 0 bridgehead atoms. The zero-order valence-corrected chi connectivity index (χ0v) is 13.7. The number of aromatic nitrogens is 1. The van der Waals surface area contributed by atoms with Crippen molar-refractivity contribution in [3.63, 3.8) is 0 Å². The third-order valence-electron chi connectivity index (χ3n) is 3.92. The lowest BCUT2D eigenvalue weighted by molar-refractivity contribution is -0.145. The summed E-state index contributed by atoms with van der Waals surface area (Å²) in [6, 6.07) is 10.3. The molecule has 0 radical (unpaired) electrons. The second-order valence-corrected chi connectivity index (χ2v) is 5.82. The number of hydrogen-bond donors (Lipinski definition) is 0. The number of esters is 1. The molecule has 0 amide bonds. The molecule has 1 aliphatic rings. The van der Waals surface area contributed by atoms with Crippen molar-refractivity contribution >= 4 is 17.9 Å². The molecule has 118 valence electrons. The SMILES string of the molecule is CCOC(=O)C1C=Nc2cc(-c3cc(C)nc(C)c3)ccc2C1. The summed E-state index contributed by atoms with van der Waals surface area (Å²) in [7, 11) is 0.